The number of carbonyl (C=O) groups is 2. The van der Waals surface area contributed by atoms with E-state index in [0.29, 0.717) is 11.0 Å². The molecule has 0 radical (unpaired) electrons. The van der Waals surface area contributed by atoms with Gasteiger partial charge in [0.2, 0.25) is 0 Å². The number of benzene rings is 1. The third-order valence-corrected chi connectivity index (χ3v) is 7.05. The van der Waals surface area contributed by atoms with Gasteiger partial charge < -0.3 is 10.1 Å². The van der Waals surface area contributed by atoms with Crippen LogP contribution in [0.4, 0.5) is 5.69 Å². The molecule has 2 aromatic rings. The zero-order chi connectivity index (χ0) is 19.8. The SMILES string of the molecule is O=C(COC(=O)c1cccnc1)Nc1ccc(C23CC4CC(CC(C4)C2)C3)cc1. The summed E-state index contributed by atoms with van der Waals surface area (Å²) in [7, 11) is 0. The molecule has 5 heteroatoms. The van der Waals surface area contributed by atoms with Crippen molar-refractivity contribution in [1.82, 2.24) is 4.98 Å². The largest absolute Gasteiger partial charge is 0.452 e. The first-order chi connectivity index (χ1) is 14.1. The first-order valence-electron chi connectivity index (χ1n) is 10.6. The van der Waals surface area contributed by atoms with Crippen LogP contribution in [0, 0.1) is 17.8 Å². The molecule has 29 heavy (non-hydrogen) atoms. The van der Waals surface area contributed by atoms with Crippen molar-refractivity contribution < 1.29 is 14.3 Å². The minimum atomic E-state index is -0.551. The fraction of sp³-hybridized carbons (Fsp3) is 0.458. The zero-order valence-electron chi connectivity index (χ0n) is 16.5. The van der Waals surface area contributed by atoms with E-state index in [4.69, 9.17) is 4.74 Å². The van der Waals surface area contributed by atoms with Crippen LogP contribution in [-0.2, 0) is 14.9 Å². The second-order valence-corrected chi connectivity index (χ2v) is 9.14. The van der Waals surface area contributed by atoms with E-state index in [1.807, 2.05) is 12.1 Å². The number of esters is 1. The molecule has 4 bridgehead atoms. The van der Waals surface area contributed by atoms with Gasteiger partial charge >= 0.3 is 5.97 Å². The summed E-state index contributed by atoms with van der Waals surface area (Å²) in [5.41, 5.74) is 2.86. The number of ether oxygens (including phenoxy) is 1. The Hall–Kier alpha value is -2.69. The summed E-state index contributed by atoms with van der Waals surface area (Å²) in [5, 5.41) is 2.82. The highest BCUT2D eigenvalue weighted by Crippen LogP contribution is 2.60. The number of nitrogens with one attached hydrogen (secondary N) is 1. The minimum Gasteiger partial charge on any atom is -0.452 e. The van der Waals surface area contributed by atoms with Gasteiger partial charge in [0.25, 0.3) is 5.91 Å². The van der Waals surface area contributed by atoms with E-state index in [1.165, 1.54) is 50.3 Å². The lowest BCUT2D eigenvalue weighted by molar-refractivity contribution is -0.119. The molecule has 0 spiro atoms. The molecular weight excluding hydrogens is 364 g/mol. The summed E-state index contributed by atoms with van der Waals surface area (Å²) >= 11 is 0. The molecule has 5 nitrogen and oxygen atoms in total. The van der Waals surface area contributed by atoms with Crippen LogP contribution in [-0.4, -0.2) is 23.5 Å². The van der Waals surface area contributed by atoms with Crippen molar-refractivity contribution in [3.63, 3.8) is 0 Å². The monoisotopic (exact) mass is 390 g/mol. The Bertz CT molecular complexity index is 872. The molecule has 6 rings (SSSR count). The first kappa shape index (κ1) is 18.3. The Labute approximate surface area is 170 Å². The molecule has 1 aromatic carbocycles. The molecule has 1 heterocycles. The first-order valence-corrected chi connectivity index (χ1v) is 10.6. The highest BCUT2D eigenvalue weighted by molar-refractivity contribution is 5.95. The number of hydrogen-bond acceptors (Lipinski definition) is 4. The third-order valence-electron chi connectivity index (χ3n) is 7.05. The molecule has 1 amide bonds. The number of nitrogens with zero attached hydrogens (tertiary/aromatic N) is 1. The lowest BCUT2D eigenvalue weighted by atomic mass is 9.48. The van der Waals surface area contributed by atoms with Crippen molar-refractivity contribution in [2.24, 2.45) is 17.8 Å². The summed E-state index contributed by atoms with van der Waals surface area (Å²) in [6, 6.07) is 11.6. The summed E-state index contributed by atoms with van der Waals surface area (Å²) in [6.07, 6.45) is 11.3. The van der Waals surface area contributed by atoms with E-state index in [0.717, 1.165) is 23.4 Å². The van der Waals surface area contributed by atoms with Crippen LogP contribution in [0.25, 0.3) is 0 Å². The summed E-state index contributed by atoms with van der Waals surface area (Å²) in [4.78, 5) is 27.9. The van der Waals surface area contributed by atoms with Crippen LogP contribution >= 0.6 is 0 Å². The highest BCUT2D eigenvalue weighted by Gasteiger charge is 2.51. The molecule has 4 fully saturated rings. The molecule has 1 N–H and O–H groups in total. The van der Waals surface area contributed by atoms with Crippen molar-refractivity contribution in [2.45, 2.75) is 43.9 Å². The number of amides is 1. The number of pyridine rings is 1. The van der Waals surface area contributed by atoms with Crippen LogP contribution in [0.5, 0.6) is 0 Å². The van der Waals surface area contributed by atoms with E-state index < -0.39 is 5.97 Å². The quantitative estimate of drug-likeness (QED) is 0.771. The third kappa shape index (κ3) is 3.66. The maximum absolute atomic E-state index is 12.2. The Morgan fingerprint density at radius 3 is 2.24 bits per heavy atom. The van der Waals surface area contributed by atoms with Gasteiger partial charge in [-0.3, -0.25) is 9.78 Å². The van der Waals surface area contributed by atoms with E-state index in [1.54, 1.807) is 18.3 Å². The average Bonchev–Trinajstić information content (AvgIpc) is 2.72. The smallest absolute Gasteiger partial charge is 0.340 e. The molecule has 0 aliphatic heterocycles. The molecule has 150 valence electrons. The Morgan fingerprint density at radius 2 is 1.66 bits per heavy atom. The van der Waals surface area contributed by atoms with E-state index >= 15 is 0 Å². The lowest BCUT2D eigenvalue weighted by Gasteiger charge is -2.57. The summed E-state index contributed by atoms with van der Waals surface area (Å²) in [6.45, 7) is -0.315. The Kier molecular flexibility index (Phi) is 4.61. The molecule has 0 saturated heterocycles. The summed E-state index contributed by atoms with van der Waals surface area (Å²) < 4.78 is 5.06. The van der Waals surface area contributed by atoms with Gasteiger partial charge in [-0.2, -0.15) is 0 Å². The normalized spacial score (nSPS) is 29.4. The van der Waals surface area contributed by atoms with Gasteiger partial charge in [-0.1, -0.05) is 12.1 Å². The van der Waals surface area contributed by atoms with Gasteiger partial charge in [0.15, 0.2) is 6.61 Å². The van der Waals surface area contributed by atoms with Crippen molar-refractivity contribution >= 4 is 17.6 Å². The van der Waals surface area contributed by atoms with Crippen molar-refractivity contribution in [3.8, 4) is 0 Å². The second-order valence-electron chi connectivity index (χ2n) is 9.14. The van der Waals surface area contributed by atoms with Gasteiger partial charge in [-0.15, -0.1) is 0 Å². The topological polar surface area (TPSA) is 68.3 Å². The van der Waals surface area contributed by atoms with E-state index in [-0.39, 0.29) is 12.5 Å². The maximum Gasteiger partial charge on any atom is 0.340 e. The maximum atomic E-state index is 12.2. The second kappa shape index (κ2) is 7.29. The van der Waals surface area contributed by atoms with Crippen LogP contribution in [0.1, 0.15) is 54.4 Å². The predicted molar refractivity (Wildman–Crippen MR) is 109 cm³/mol. The van der Waals surface area contributed by atoms with Crippen LogP contribution in [0.15, 0.2) is 48.8 Å². The number of aromatic nitrogens is 1. The number of hydrogen-bond donors (Lipinski definition) is 1. The summed E-state index contributed by atoms with van der Waals surface area (Å²) in [5.74, 6) is 1.84. The minimum absolute atomic E-state index is 0.315. The molecule has 0 atom stereocenters. The van der Waals surface area contributed by atoms with Crippen molar-refractivity contribution in [3.05, 3.63) is 59.9 Å². The molecule has 0 unspecified atom stereocenters. The average molecular weight is 390 g/mol. The number of carbonyl (C=O) groups excluding carboxylic acids is 2. The number of anilines is 1. The van der Waals surface area contributed by atoms with E-state index in [9.17, 15) is 9.59 Å². The van der Waals surface area contributed by atoms with Gasteiger partial charge in [-0.05, 0) is 91.5 Å². The van der Waals surface area contributed by atoms with Crippen molar-refractivity contribution in [2.75, 3.05) is 11.9 Å². The molecule has 4 saturated carbocycles. The van der Waals surface area contributed by atoms with Crippen LogP contribution in [0.2, 0.25) is 0 Å². The fourth-order valence-electron chi connectivity index (χ4n) is 6.27. The zero-order valence-corrected chi connectivity index (χ0v) is 16.5. The van der Waals surface area contributed by atoms with Gasteiger partial charge in [0, 0.05) is 18.1 Å². The fourth-order valence-corrected chi connectivity index (χ4v) is 6.27. The predicted octanol–water partition coefficient (Wildman–Crippen LogP) is 4.34. The lowest BCUT2D eigenvalue weighted by Crippen LogP contribution is -2.48. The molecule has 4 aliphatic carbocycles. The van der Waals surface area contributed by atoms with Gasteiger partial charge in [-0.25, -0.2) is 4.79 Å². The van der Waals surface area contributed by atoms with Gasteiger partial charge in [0.05, 0.1) is 5.56 Å². The molecule has 1 aromatic heterocycles. The standard InChI is InChI=1S/C24H26N2O3/c27-22(15-29-23(28)19-2-1-7-25-14-19)26-21-5-3-20(4-6-21)24-11-16-8-17(12-24)10-18(9-16)13-24/h1-7,14,16-18H,8-13,15H2,(H,26,27). The van der Waals surface area contributed by atoms with Crippen LogP contribution in [0.3, 0.4) is 0 Å². The van der Waals surface area contributed by atoms with Crippen molar-refractivity contribution in [1.29, 1.82) is 0 Å². The van der Waals surface area contributed by atoms with Crippen LogP contribution < -0.4 is 5.32 Å². The van der Waals surface area contributed by atoms with Gasteiger partial charge in [0.1, 0.15) is 0 Å². The Balaban J connectivity index is 1.19. The molecular formula is C24H26N2O3. The Morgan fingerprint density at radius 1 is 1.00 bits per heavy atom. The number of rotatable bonds is 5. The van der Waals surface area contributed by atoms with E-state index in [2.05, 4.69) is 22.4 Å². The molecule has 4 aliphatic rings. The highest BCUT2D eigenvalue weighted by atomic mass is 16.5.